The van der Waals surface area contributed by atoms with Gasteiger partial charge in [-0.1, -0.05) is 27.7 Å². The third kappa shape index (κ3) is 3.88. The Kier molecular flexibility index (Phi) is 5.30. The Morgan fingerprint density at radius 1 is 1.37 bits per heavy atom. The van der Waals surface area contributed by atoms with Crippen molar-refractivity contribution < 1.29 is 9.59 Å². The second-order valence-corrected chi connectivity index (χ2v) is 7.45. The Morgan fingerprint density at radius 3 is 2.42 bits per heavy atom. The molecule has 0 aromatic carbocycles. The number of nitrogens with one attached hydrogen (secondary N) is 1. The van der Waals surface area contributed by atoms with E-state index < -0.39 is 6.04 Å². The van der Waals surface area contributed by atoms with Gasteiger partial charge in [0.25, 0.3) is 0 Å². The zero-order chi connectivity index (χ0) is 14.8. The molecule has 2 amide bonds. The molecule has 0 bridgehead atoms. The first-order valence-electron chi connectivity index (χ1n) is 6.78. The van der Waals surface area contributed by atoms with E-state index in [1.165, 1.54) is 0 Å². The van der Waals surface area contributed by atoms with E-state index >= 15 is 0 Å². The van der Waals surface area contributed by atoms with Crippen LogP contribution >= 0.6 is 11.8 Å². The molecule has 1 heterocycles. The summed E-state index contributed by atoms with van der Waals surface area (Å²) in [7, 11) is 0. The van der Waals surface area contributed by atoms with E-state index in [4.69, 9.17) is 0 Å². The van der Waals surface area contributed by atoms with Gasteiger partial charge in [0.2, 0.25) is 11.8 Å². The largest absolute Gasteiger partial charge is 0.342 e. The van der Waals surface area contributed by atoms with Crippen LogP contribution in [0, 0.1) is 11.3 Å². The summed E-state index contributed by atoms with van der Waals surface area (Å²) in [4.78, 5) is 26.4. The predicted octanol–water partition coefficient (Wildman–Crippen LogP) is 1.75. The van der Waals surface area contributed by atoms with Crippen LogP contribution in [0.5, 0.6) is 0 Å². The minimum absolute atomic E-state index is 0.0455. The summed E-state index contributed by atoms with van der Waals surface area (Å²) in [5, 5.41) is 2.86. The van der Waals surface area contributed by atoms with Crippen LogP contribution in [0.3, 0.4) is 0 Å². The number of piperazine rings is 1. The molecule has 3 atom stereocenters. The van der Waals surface area contributed by atoms with Gasteiger partial charge < -0.3 is 10.2 Å². The summed E-state index contributed by atoms with van der Waals surface area (Å²) in [6.45, 7) is 10.5. The Hall–Kier alpha value is -0.710. The lowest BCUT2D eigenvalue weighted by molar-refractivity contribution is -0.152. The van der Waals surface area contributed by atoms with Crippen LogP contribution in [0.1, 0.15) is 34.6 Å². The maximum absolute atomic E-state index is 12.6. The molecular formula is C14H26N2O2S. The normalized spacial score (nSPS) is 26.3. The lowest BCUT2D eigenvalue weighted by Crippen LogP contribution is -2.66. The van der Waals surface area contributed by atoms with Crippen LogP contribution in [0.15, 0.2) is 0 Å². The van der Waals surface area contributed by atoms with Gasteiger partial charge in [-0.3, -0.25) is 9.59 Å². The van der Waals surface area contributed by atoms with Gasteiger partial charge in [0.1, 0.15) is 12.1 Å². The SMILES string of the molecule is CSCC(C)CN1C(=O)C(C(C)(C)C)NC(=O)C1C. The molecular weight excluding hydrogens is 260 g/mol. The first kappa shape index (κ1) is 16.3. The van der Waals surface area contributed by atoms with Crippen molar-refractivity contribution in [3.8, 4) is 0 Å². The number of rotatable bonds is 4. The maximum atomic E-state index is 12.6. The molecule has 4 nitrogen and oxygen atoms in total. The standard InChI is InChI=1S/C14H26N2O2S/c1-9(8-19-6)7-16-10(2)12(17)15-11(13(16)18)14(3,4)5/h9-11H,7-8H2,1-6H3,(H,15,17). The van der Waals surface area contributed by atoms with E-state index in [1.807, 2.05) is 20.8 Å². The third-order valence-electron chi connectivity index (χ3n) is 3.49. The average molecular weight is 286 g/mol. The Labute approximate surface area is 120 Å². The molecule has 1 fully saturated rings. The topological polar surface area (TPSA) is 49.4 Å². The van der Waals surface area contributed by atoms with E-state index in [0.29, 0.717) is 12.5 Å². The van der Waals surface area contributed by atoms with Crippen molar-refractivity contribution in [1.29, 1.82) is 0 Å². The number of hydrogen-bond donors (Lipinski definition) is 1. The summed E-state index contributed by atoms with van der Waals surface area (Å²) in [6.07, 6.45) is 2.06. The Morgan fingerprint density at radius 2 is 1.95 bits per heavy atom. The summed E-state index contributed by atoms with van der Waals surface area (Å²) in [5.74, 6) is 1.40. The first-order chi connectivity index (χ1) is 8.68. The number of carbonyl (C=O) groups excluding carboxylic acids is 2. The van der Waals surface area contributed by atoms with E-state index in [1.54, 1.807) is 23.6 Å². The fourth-order valence-corrected chi connectivity index (χ4v) is 3.01. The van der Waals surface area contributed by atoms with Gasteiger partial charge in [-0.15, -0.1) is 0 Å². The highest BCUT2D eigenvalue weighted by atomic mass is 32.2. The molecule has 0 aromatic heterocycles. The van der Waals surface area contributed by atoms with Gasteiger partial charge in [0.15, 0.2) is 0 Å². The Balaban J connectivity index is 2.87. The van der Waals surface area contributed by atoms with Gasteiger partial charge in [0.05, 0.1) is 0 Å². The van der Waals surface area contributed by atoms with Crippen LogP contribution < -0.4 is 5.32 Å². The molecule has 0 saturated carbocycles. The summed E-state index contributed by atoms with van der Waals surface area (Å²) >= 11 is 1.77. The van der Waals surface area contributed by atoms with Crippen molar-refractivity contribution in [2.24, 2.45) is 11.3 Å². The lowest BCUT2D eigenvalue weighted by Gasteiger charge is -2.43. The van der Waals surface area contributed by atoms with Crippen LogP contribution in [-0.4, -0.2) is 47.4 Å². The van der Waals surface area contributed by atoms with Crippen molar-refractivity contribution in [2.75, 3.05) is 18.6 Å². The van der Waals surface area contributed by atoms with Crippen LogP contribution in [0.25, 0.3) is 0 Å². The van der Waals surface area contributed by atoms with Crippen LogP contribution in [0.4, 0.5) is 0 Å². The third-order valence-corrected chi connectivity index (χ3v) is 4.39. The molecule has 1 rings (SSSR count). The predicted molar refractivity (Wildman–Crippen MR) is 80.1 cm³/mol. The first-order valence-corrected chi connectivity index (χ1v) is 8.17. The molecule has 110 valence electrons. The van der Waals surface area contributed by atoms with Crippen molar-refractivity contribution in [3.05, 3.63) is 0 Å². The zero-order valence-corrected chi connectivity index (χ0v) is 13.6. The summed E-state index contributed by atoms with van der Waals surface area (Å²) in [6, 6.07) is -0.784. The minimum atomic E-state index is -0.419. The van der Waals surface area contributed by atoms with E-state index in [9.17, 15) is 9.59 Å². The van der Waals surface area contributed by atoms with Gasteiger partial charge in [0, 0.05) is 6.54 Å². The highest BCUT2D eigenvalue weighted by Gasteiger charge is 2.43. The van der Waals surface area contributed by atoms with Gasteiger partial charge in [-0.25, -0.2) is 0 Å². The Bertz CT molecular complexity index is 352. The smallest absolute Gasteiger partial charge is 0.246 e. The van der Waals surface area contributed by atoms with Crippen LogP contribution in [0.2, 0.25) is 0 Å². The number of carbonyl (C=O) groups is 2. The molecule has 3 unspecified atom stereocenters. The second kappa shape index (κ2) is 6.16. The van der Waals surface area contributed by atoms with E-state index in [2.05, 4.69) is 18.5 Å². The molecule has 0 aromatic rings. The van der Waals surface area contributed by atoms with Gasteiger partial charge in [-0.05, 0) is 30.3 Å². The second-order valence-electron chi connectivity index (χ2n) is 6.53. The molecule has 0 spiro atoms. The zero-order valence-electron chi connectivity index (χ0n) is 12.8. The molecule has 0 radical (unpaired) electrons. The molecule has 1 N–H and O–H groups in total. The maximum Gasteiger partial charge on any atom is 0.246 e. The van der Waals surface area contributed by atoms with E-state index in [0.717, 1.165) is 5.75 Å². The number of hydrogen-bond acceptors (Lipinski definition) is 3. The molecule has 1 aliphatic heterocycles. The lowest BCUT2D eigenvalue weighted by atomic mass is 9.84. The van der Waals surface area contributed by atoms with Crippen molar-refractivity contribution in [3.63, 3.8) is 0 Å². The van der Waals surface area contributed by atoms with Crippen molar-refractivity contribution in [2.45, 2.75) is 46.7 Å². The number of thioether (sulfide) groups is 1. The van der Waals surface area contributed by atoms with Crippen molar-refractivity contribution >= 4 is 23.6 Å². The molecule has 0 aliphatic carbocycles. The fourth-order valence-electron chi connectivity index (χ4n) is 2.33. The minimum Gasteiger partial charge on any atom is -0.342 e. The van der Waals surface area contributed by atoms with Crippen molar-refractivity contribution in [1.82, 2.24) is 10.2 Å². The highest BCUT2D eigenvalue weighted by molar-refractivity contribution is 7.98. The highest BCUT2D eigenvalue weighted by Crippen LogP contribution is 2.25. The van der Waals surface area contributed by atoms with Crippen LogP contribution in [-0.2, 0) is 9.59 Å². The monoisotopic (exact) mass is 286 g/mol. The molecule has 1 saturated heterocycles. The summed E-state index contributed by atoms with van der Waals surface area (Å²) < 4.78 is 0. The molecule has 5 heteroatoms. The number of amides is 2. The van der Waals surface area contributed by atoms with E-state index in [-0.39, 0.29) is 23.3 Å². The number of nitrogens with zero attached hydrogens (tertiary/aromatic N) is 1. The van der Waals surface area contributed by atoms with Gasteiger partial charge in [-0.2, -0.15) is 11.8 Å². The average Bonchev–Trinajstić information content (AvgIpc) is 2.28. The van der Waals surface area contributed by atoms with Gasteiger partial charge >= 0.3 is 0 Å². The molecule has 19 heavy (non-hydrogen) atoms. The summed E-state index contributed by atoms with van der Waals surface area (Å²) in [5.41, 5.74) is -0.256. The molecule has 1 aliphatic rings. The fraction of sp³-hybridized carbons (Fsp3) is 0.857. The quantitative estimate of drug-likeness (QED) is 0.856.